The Kier molecular flexibility index (Phi) is 10.4. The number of ether oxygens (including phenoxy) is 3. The highest BCUT2D eigenvalue weighted by atomic mass is 79.9. The van der Waals surface area contributed by atoms with E-state index in [0.717, 1.165) is 16.7 Å². The zero-order chi connectivity index (χ0) is 31.5. The SMILES string of the molecule is CCOC(=O)C1=C(C)N=c2sc(=Cc3cc(Br)c(OCc4ccc(Cl)cc4Cl)c(Br)c3)c(=O)n2[C@H]1c1ccc(OCC)cc1. The van der Waals surface area contributed by atoms with Gasteiger partial charge in [0.05, 0.1) is 44.0 Å². The summed E-state index contributed by atoms with van der Waals surface area (Å²) < 4.78 is 20.4. The van der Waals surface area contributed by atoms with Gasteiger partial charge < -0.3 is 14.2 Å². The minimum atomic E-state index is -0.711. The summed E-state index contributed by atoms with van der Waals surface area (Å²) in [7, 11) is 0. The number of thiazole rings is 1. The summed E-state index contributed by atoms with van der Waals surface area (Å²) >= 11 is 20.8. The number of esters is 1. The number of hydrogen-bond donors (Lipinski definition) is 0. The highest BCUT2D eigenvalue weighted by Gasteiger charge is 2.33. The molecule has 0 aliphatic carbocycles. The van der Waals surface area contributed by atoms with Crippen molar-refractivity contribution in [2.75, 3.05) is 13.2 Å². The molecule has 1 aliphatic heterocycles. The lowest BCUT2D eigenvalue weighted by atomic mass is 9.96. The van der Waals surface area contributed by atoms with Crippen LogP contribution in [0.4, 0.5) is 0 Å². The Morgan fingerprint density at radius 1 is 1.02 bits per heavy atom. The Hall–Kier alpha value is -2.89. The smallest absolute Gasteiger partial charge is 0.338 e. The Bertz CT molecular complexity index is 1930. The van der Waals surface area contributed by atoms with Crippen LogP contribution in [0, 0.1) is 0 Å². The number of carbonyl (C=O) groups excluding carboxylic acids is 1. The maximum absolute atomic E-state index is 14.0. The molecule has 0 N–H and O–H groups in total. The van der Waals surface area contributed by atoms with Gasteiger partial charge in [0.2, 0.25) is 0 Å². The molecule has 2 heterocycles. The molecule has 12 heteroatoms. The number of carbonyl (C=O) groups is 1. The quantitative estimate of drug-likeness (QED) is 0.164. The maximum atomic E-state index is 14.0. The van der Waals surface area contributed by atoms with E-state index < -0.39 is 12.0 Å². The number of nitrogens with zero attached hydrogens (tertiary/aromatic N) is 2. The normalized spacial score (nSPS) is 14.7. The number of hydrogen-bond acceptors (Lipinski definition) is 7. The van der Waals surface area contributed by atoms with Crippen molar-refractivity contribution in [3.8, 4) is 11.5 Å². The standard InChI is InChI=1S/C32H26Br2Cl2N2O5S/c1-4-41-22-10-7-19(8-11-22)28-27(31(40)42-5-2)17(3)37-32-38(28)30(39)26(44-32)14-18-12-23(33)29(24(34)13-18)43-16-20-6-9-21(35)15-25(20)36/h6-15,28H,4-5,16H2,1-3H3/t28-/m0/s1. The minimum absolute atomic E-state index is 0.201. The van der Waals surface area contributed by atoms with E-state index in [2.05, 4.69) is 36.9 Å². The molecule has 4 aromatic rings. The molecule has 0 fully saturated rings. The predicted molar refractivity (Wildman–Crippen MR) is 181 cm³/mol. The molecule has 0 spiro atoms. The Labute approximate surface area is 284 Å². The van der Waals surface area contributed by atoms with Crippen molar-refractivity contribution in [3.63, 3.8) is 0 Å². The lowest BCUT2D eigenvalue weighted by molar-refractivity contribution is -0.139. The van der Waals surface area contributed by atoms with E-state index in [1.165, 1.54) is 11.3 Å². The third kappa shape index (κ3) is 6.84. The van der Waals surface area contributed by atoms with Crippen molar-refractivity contribution in [3.05, 3.63) is 121 Å². The molecular formula is C32H26Br2Cl2N2O5S. The van der Waals surface area contributed by atoms with E-state index in [0.29, 0.717) is 57.7 Å². The molecule has 5 rings (SSSR count). The van der Waals surface area contributed by atoms with Crippen molar-refractivity contribution in [2.24, 2.45) is 4.99 Å². The fourth-order valence-electron chi connectivity index (χ4n) is 4.76. The number of halogens is 4. The van der Waals surface area contributed by atoms with Crippen molar-refractivity contribution in [1.82, 2.24) is 4.57 Å². The summed E-state index contributed by atoms with van der Waals surface area (Å²) in [4.78, 5) is 32.3. The predicted octanol–water partition coefficient (Wildman–Crippen LogP) is 7.61. The first-order valence-corrected chi connectivity index (χ1v) is 16.7. The fourth-order valence-corrected chi connectivity index (χ4v) is 7.72. The molecule has 0 bridgehead atoms. The summed E-state index contributed by atoms with van der Waals surface area (Å²) in [6, 6.07) is 15.6. The fraction of sp³-hybridized carbons (Fsp3) is 0.219. The number of benzene rings is 3. The van der Waals surface area contributed by atoms with Gasteiger partial charge in [0.1, 0.15) is 18.1 Å². The third-order valence-electron chi connectivity index (χ3n) is 6.73. The minimum Gasteiger partial charge on any atom is -0.494 e. The van der Waals surface area contributed by atoms with E-state index in [1.807, 2.05) is 49.4 Å². The lowest BCUT2D eigenvalue weighted by Crippen LogP contribution is -2.39. The van der Waals surface area contributed by atoms with Crippen molar-refractivity contribution >= 4 is 78.4 Å². The van der Waals surface area contributed by atoms with Crippen molar-refractivity contribution in [1.29, 1.82) is 0 Å². The molecule has 44 heavy (non-hydrogen) atoms. The van der Waals surface area contributed by atoms with Gasteiger partial charge in [0.15, 0.2) is 4.80 Å². The molecule has 1 aromatic heterocycles. The Morgan fingerprint density at radius 2 is 1.73 bits per heavy atom. The molecule has 0 amide bonds. The summed E-state index contributed by atoms with van der Waals surface area (Å²) in [5.41, 5.74) is 2.84. The molecule has 0 saturated carbocycles. The number of rotatable bonds is 9. The van der Waals surface area contributed by atoms with Gasteiger partial charge in [-0.3, -0.25) is 9.36 Å². The molecule has 0 saturated heterocycles. The van der Waals surface area contributed by atoms with E-state index in [-0.39, 0.29) is 18.8 Å². The van der Waals surface area contributed by atoms with Crippen LogP contribution in [0.3, 0.4) is 0 Å². The number of allylic oxidation sites excluding steroid dienone is 1. The highest BCUT2D eigenvalue weighted by molar-refractivity contribution is 9.11. The monoisotopic (exact) mass is 778 g/mol. The van der Waals surface area contributed by atoms with Crippen LogP contribution in [-0.2, 0) is 16.1 Å². The summed E-state index contributed by atoms with van der Waals surface area (Å²) in [5.74, 6) is 0.770. The molecule has 0 radical (unpaired) electrons. The Balaban J connectivity index is 1.54. The van der Waals surface area contributed by atoms with Gasteiger partial charge in [0.25, 0.3) is 5.56 Å². The molecule has 0 unspecified atom stereocenters. The molecule has 1 atom stereocenters. The molecule has 7 nitrogen and oxygen atoms in total. The average Bonchev–Trinajstić information content (AvgIpc) is 3.27. The van der Waals surface area contributed by atoms with E-state index >= 15 is 0 Å². The van der Waals surface area contributed by atoms with E-state index in [4.69, 9.17) is 37.4 Å². The molecule has 1 aliphatic rings. The van der Waals surface area contributed by atoms with Gasteiger partial charge in [-0.25, -0.2) is 9.79 Å². The molecule has 228 valence electrons. The second-order valence-electron chi connectivity index (χ2n) is 9.64. The lowest BCUT2D eigenvalue weighted by Gasteiger charge is -2.24. The second kappa shape index (κ2) is 14.0. The van der Waals surface area contributed by atoms with Crippen LogP contribution in [-0.4, -0.2) is 23.8 Å². The highest BCUT2D eigenvalue weighted by Crippen LogP contribution is 2.36. The average molecular weight is 781 g/mol. The van der Waals surface area contributed by atoms with Crippen LogP contribution < -0.4 is 24.4 Å². The van der Waals surface area contributed by atoms with E-state index in [9.17, 15) is 9.59 Å². The largest absolute Gasteiger partial charge is 0.494 e. The molecular weight excluding hydrogens is 755 g/mol. The van der Waals surface area contributed by atoms with Gasteiger partial charge in [-0.05, 0) is 106 Å². The van der Waals surface area contributed by atoms with Gasteiger partial charge in [-0.2, -0.15) is 0 Å². The number of aromatic nitrogens is 1. The molecule has 3 aromatic carbocycles. The van der Waals surface area contributed by atoms with Gasteiger partial charge in [0, 0.05) is 15.6 Å². The first kappa shape index (κ1) is 32.5. The summed E-state index contributed by atoms with van der Waals surface area (Å²) in [6.45, 7) is 6.37. The first-order valence-electron chi connectivity index (χ1n) is 13.6. The van der Waals surface area contributed by atoms with Crippen LogP contribution >= 0.6 is 66.4 Å². The second-order valence-corrected chi connectivity index (χ2v) is 13.2. The van der Waals surface area contributed by atoms with Gasteiger partial charge in [-0.15, -0.1) is 0 Å². The Morgan fingerprint density at radius 3 is 2.36 bits per heavy atom. The topological polar surface area (TPSA) is 79.1 Å². The zero-order valence-corrected chi connectivity index (χ0v) is 29.3. The van der Waals surface area contributed by atoms with Crippen molar-refractivity contribution < 1.29 is 19.0 Å². The maximum Gasteiger partial charge on any atom is 0.338 e. The summed E-state index contributed by atoms with van der Waals surface area (Å²) in [6.07, 6.45) is 1.79. The van der Waals surface area contributed by atoms with Gasteiger partial charge in [-0.1, -0.05) is 52.7 Å². The first-order chi connectivity index (χ1) is 21.1. The van der Waals surface area contributed by atoms with Crippen LogP contribution in [0.2, 0.25) is 10.0 Å². The van der Waals surface area contributed by atoms with Crippen molar-refractivity contribution in [2.45, 2.75) is 33.4 Å². The summed E-state index contributed by atoms with van der Waals surface area (Å²) in [5, 5.41) is 1.07. The zero-order valence-electron chi connectivity index (χ0n) is 23.8. The third-order valence-corrected chi connectivity index (χ3v) is 9.48. The van der Waals surface area contributed by atoms with Crippen LogP contribution in [0.25, 0.3) is 6.08 Å². The van der Waals surface area contributed by atoms with E-state index in [1.54, 1.807) is 36.6 Å². The van der Waals surface area contributed by atoms with Crippen LogP contribution in [0.1, 0.15) is 43.5 Å². The number of fused-ring (bicyclic) bond motifs is 1. The van der Waals surface area contributed by atoms with Gasteiger partial charge >= 0.3 is 5.97 Å². The van der Waals surface area contributed by atoms with Crippen LogP contribution in [0.5, 0.6) is 11.5 Å². The van der Waals surface area contributed by atoms with Crippen LogP contribution in [0.15, 0.2) is 84.6 Å².